The van der Waals surface area contributed by atoms with Gasteiger partial charge >= 0.3 is 0 Å². The average molecular weight is 512 g/mol. The molecule has 1 aliphatic heterocycles. The summed E-state index contributed by atoms with van der Waals surface area (Å²) in [6.07, 6.45) is 1.40. The van der Waals surface area contributed by atoms with Gasteiger partial charge in [0.15, 0.2) is 0 Å². The van der Waals surface area contributed by atoms with Crippen LogP contribution in [0.2, 0.25) is 0 Å². The van der Waals surface area contributed by atoms with Crippen molar-refractivity contribution in [2.24, 2.45) is 0 Å². The average Bonchev–Trinajstić information content (AvgIpc) is 3.26. The molecule has 8 heteroatoms. The van der Waals surface area contributed by atoms with Gasteiger partial charge in [-0.25, -0.2) is 13.4 Å². The van der Waals surface area contributed by atoms with E-state index in [0.717, 1.165) is 49.5 Å². The molecule has 32 heavy (non-hydrogen) atoms. The summed E-state index contributed by atoms with van der Waals surface area (Å²) in [5.41, 5.74) is 3.80. The molecule has 0 saturated carbocycles. The van der Waals surface area contributed by atoms with E-state index in [1.54, 1.807) is 30.3 Å². The number of pyridine rings is 1. The van der Waals surface area contributed by atoms with Crippen LogP contribution in [0.3, 0.4) is 0 Å². The predicted molar refractivity (Wildman–Crippen MR) is 127 cm³/mol. The van der Waals surface area contributed by atoms with Crippen molar-refractivity contribution >= 4 is 36.8 Å². The molecule has 5 rings (SSSR count). The standard InChI is InChI=1S/C24H22BrN3O3S/c25-23-20-14-21(18-8-6-17(7-9-18)16-28-10-12-31-13-11-28)27-24(20)26-15-22(23)32(29,30)19-4-2-1-3-5-19/h1-9,14-15H,10-13,16H2,(H,26,27). The summed E-state index contributed by atoms with van der Waals surface area (Å²) < 4.78 is 32.1. The van der Waals surface area contributed by atoms with Gasteiger partial charge in [-0.05, 0) is 45.3 Å². The molecular weight excluding hydrogens is 490 g/mol. The fourth-order valence-electron chi connectivity index (χ4n) is 3.90. The fraction of sp³-hybridized carbons (Fsp3) is 0.208. The summed E-state index contributed by atoms with van der Waals surface area (Å²) >= 11 is 3.51. The summed E-state index contributed by atoms with van der Waals surface area (Å²) in [6.45, 7) is 4.40. The number of hydrogen-bond acceptors (Lipinski definition) is 5. The van der Waals surface area contributed by atoms with Crippen molar-refractivity contribution in [2.75, 3.05) is 26.3 Å². The number of sulfone groups is 1. The molecule has 0 amide bonds. The van der Waals surface area contributed by atoms with Crippen molar-refractivity contribution in [1.82, 2.24) is 14.9 Å². The Hall–Kier alpha value is -2.52. The van der Waals surface area contributed by atoms with Gasteiger partial charge in [0, 0.05) is 41.4 Å². The zero-order chi connectivity index (χ0) is 22.1. The number of aromatic nitrogens is 2. The van der Waals surface area contributed by atoms with Crippen LogP contribution in [0.5, 0.6) is 0 Å². The lowest BCUT2D eigenvalue weighted by molar-refractivity contribution is 0.0342. The van der Waals surface area contributed by atoms with Crippen molar-refractivity contribution in [1.29, 1.82) is 0 Å². The quantitative estimate of drug-likeness (QED) is 0.421. The number of H-pyrrole nitrogens is 1. The second-order valence-electron chi connectivity index (χ2n) is 7.78. The van der Waals surface area contributed by atoms with Gasteiger partial charge in [0.25, 0.3) is 0 Å². The third kappa shape index (κ3) is 4.11. The van der Waals surface area contributed by atoms with E-state index in [9.17, 15) is 8.42 Å². The van der Waals surface area contributed by atoms with Gasteiger partial charge in [-0.15, -0.1) is 0 Å². The van der Waals surface area contributed by atoms with E-state index in [1.165, 1.54) is 11.8 Å². The highest BCUT2D eigenvalue weighted by molar-refractivity contribution is 9.10. The Morgan fingerprint density at radius 2 is 1.75 bits per heavy atom. The lowest BCUT2D eigenvalue weighted by Crippen LogP contribution is -2.35. The third-order valence-electron chi connectivity index (χ3n) is 5.68. The minimum absolute atomic E-state index is 0.155. The first-order valence-corrected chi connectivity index (χ1v) is 12.7. The maximum atomic E-state index is 13.1. The zero-order valence-corrected chi connectivity index (χ0v) is 19.7. The topological polar surface area (TPSA) is 75.3 Å². The number of aromatic amines is 1. The highest BCUT2D eigenvalue weighted by Crippen LogP contribution is 2.35. The third-order valence-corrected chi connectivity index (χ3v) is 8.58. The predicted octanol–water partition coefficient (Wildman–Crippen LogP) is 4.66. The van der Waals surface area contributed by atoms with E-state index in [0.29, 0.717) is 10.1 Å². The van der Waals surface area contributed by atoms with Crippen LogP contribution in [0.4, 0.5) is 0 Å². The van der Waals surface area contributed by atoms with E-state index >= 15 is 0 Å². The summed E-state index contributed by atoms with van der Waals surface area (Å²) in [5.74, 6) is 0. The van der Waals surface area contributed by atoms with Crippen LogP contribution in [0.1, 0.15) is 5.56 Å². The molecule has 3 heterocycles. The van der Waals surface area contributed by atoms with Crippen LogP contribution >= 0.6 is 15.9 Å². The summed E-state index contributed by atoms with van der Waals surface area (Å²) in [5, 5.41) is 0.731. The van der Waals surface area contributed by atoms with Crippen LogP contribution in [0.25, 0.3) is 22.3 Å². The van der Waals surface area contributed by atoms with Gasteiger partial charge in [-0.3, -0.25) is 4.90 Å². The minimum atomic E-state index is -3.67. The molecule has 0 aliphatic carbocycles. The number of halogens is 1. The maximum absolute atomic E-state index is 13.1. The molecule has 0 radical (unpaired) electrons. The molecule has 164 valence electrons. The molecule has 6 nitrogen and oxygen atoms in total. The number of benzene rings is 2. The Balaban J connectivity index is 1.44. The Morgan fingerprint density at radius 1 is 1.03 bits per heavy atom. The summed E-state index contributed by atoms with van der Waals surface area (Å²) in [4.78, 5) is 10.5. The van der Waals surface area contributed by atoms with Crippen molar-refractivity contribution in [3.05, 3.63) is 76.9 Å². The summed E-state index contributed by atoms with van der Waals surface area (Å²) in [7, 11) is -3.67. The number of morpholine rings is 1. The van der Waals surface area contributed by atoms with E-state index in [1.807, 2.05) is 6.07 Å². The molecule has 1 saturated heterocycles. The first kappa shape index (κ1) is 21.3. The molecule has 1 fully saturated rings. The van der Waals surface area contributed by atoms with Gasteiger partial charge in [0.2, 0.25) is 9.84 Å². The number of fused-ring (bicyclic) bond motifs is 1. The highest BCUT2D eigenvalue weighted by atomic mass is 79.9. The normalized spacial score (nSPS) is 15.3. The lowest BCUT2D eigenvalue weighted by atomic mass is 10.1. The monoisotopic (exact) mass is 511 g/mol. The summed E-state index contributed by atoms with van der Waals surface area (Å²) in [6, 6.07) is 18.8. The Morgan fingerprint density at radius 3 is 2.47 bits per heavy atom. The van der Waals surface area contributed by atoms with Gasteiger partial charge in [0.05, 0.1) is 18.1 Å². The second kappa shape index (κ2) is 8.78. The van der Waals surface area contributed by atoms with Crippen LogP contribution in [-0.4, -0.2) is 49.6 Å². The Labute approximate surface area is 195 Å². The number of nitrogens with one attached hydrogen (secondary N) is 1. The van der Waals surface area contributed by atoms with Crippen molar-refractivity contribution in [3.63, 3.8) is 0 Å². The van der Waals surface area contributed by atoms with Gasteiger partial charge < -0.3 is 9.72 Å². The second-order valence-corrected chi connectivity index (χ2v) is 10.5. The molecule has 0 unspecified atom stereocenters. The molecule has 0 bridgehead atoms. The molecule has 2 aromatic carbocycles. The van der Waals surface area contributed by atoms with Crippen molar-refractivity contribution < 1.29 is 13.2 Å². The molecular formula is C24H22BrN3O3S. The van der Waals surface area contributed by atoms with Gasteiger partial charge in [-0.1, -0.05) is 42.5 Å². The van der Waals surface area contributed by atoms with E-state index in [4.69, 9.17) is 4.74 Å². The fourth-order valence-corrected chi connectivity index (χ4v) is 6.25. The van der Waals surface area contributed by atoms with Crippen molar-refractivity contribution in [3.8, 4) is 11.3 Å². The molecule has 1 aliphatic rings. The number of rotatable bonds is 5. The first-order valence-electron chi connectivity index (χ1n) is 10.4. The molecule has 4 aromatic rings. The number of ether oxygens (including phenoxy) is 1. The maximum Gasteiger partial charge on any atom is 0.209 e. The minimum Gasteiger partial charge on any atom is -0.379 e. The van der Waals surface area contributed by atoms with Gasteiger partial charge in [0.1, 0.15) is 10.5 Å². The highest BCUT2D eigenvalue weighted by Gasteiger charge is 2.23. The van der Waals surface area contributed by atoms with Crippen LogP contribution in [0.15, 0.2) is 81.1 Å². The van der Waals surface area contributed by atoms with E-state index in [-0.39, 0.29) is 9.79 Å². The number of nitrogens with zero attached hydrogens (tertiary/aromatic N) is 2. The van der Waals surface area contributed by atoms with Crippen LogP contribution < -0.4 is 0 Å². The Bertz CT molecular complexity index is 1350. The zero-order valence-electron chi connectivity index (χ0n) is 17.3. The molecule has 2 aromatic heterocycles. The van der Waals surface area contributed by atoms with Gasteiger partial charge in [-0.2, -0.15) is 0 Å². The van der Waals surface area contributed by atoms with E-state index in [2.05, 4.69) is 55.1 Å². The lowest BCUT2D eigenvalue weighted by Gasteiger charge is -2.26. The molecule has 0 atom stereocenters. The molecule has 1 N–H and O–H groups in total. The van der Waals surface area contributed by atoms with E-state index < -0.39 is 9.84 Å². The first-order chi connectivity index (χ1) is 15.5. The molecule has 0 spiro atoms. The van der Waals surface area contributed by atoms with Crippen LogP contribution in [-0.2, 0) is 21.1 Å². The van der Waals surface area contributed by atoms with Crippen molar-refractivity contribution in [2.45, 2.75) is 16.3 Å². The largest absolute Gasteiger partial charge is 0.379 e. The van der Waals surface area contributed by atoms with Crippen LogP contribution in [0, 0.1) is 0 Å². The SMILES string of the molecule is O=S(=O)(c1ccccc1)c1cnc2[nH]c(-c3ccc(CN4CCOCC4)cc3)cc2c1Br. The number of hydrogen-bond donors (Lipinski definition) is 1. The Kier molecular flexibility index (Phi) is 5.86. The smallest absolute Gasteiger partial charge is 0.209 e.